The van der Waals surface area contributed by atoms with Gasteiger partial charge in [-0.25, -0.2) is 0 Å². The van der Waals surface area contributed by atoms with Gasteiger partial charge < -0.3 is 10.1 Å². The third kappa shape index (κ3) is 4.28. The smallest absolute Gasteiger partial charge is 0.251 e. The zero-order chi connectivity index (χ0) is 19.3. The molecule has 0 fully saturated rings. The van der Waals surface area contributed by atoms with E-state index in [1.807, 2.05) is 54.6 Å². The molecule has 1 aliphatic carbocycles. The summed E-state index contributed by atoms with van der Waals surface area (Å²) in [5.74, 6) is 0.778. The van der Waals surface area contributed by atoms with Gasteiger partial charge >= 0.3 is 0 Å². The predicted molar refractivity (Wildman–Crippen MR) is 115 cm³/mol. The number of aryl methyl sites for hydroxylation is 1. The Morgan fingerprint density at radius 3 is 2.57 bits per heavy atom. The van der Waals surface area contributed by atoms with Crippen molar-refractivity contribution in [2.24, 2.45) is 0 Å². The summed E-state index contributed by atoms with van der Waals surface area (Å²) in [6.45, 7) is 0.459. The Kier molecular flexibility index (Phi) is 5.77. The summed E-state index contributed by atoms with van der Waals surface area (Å²) in [5.41, 5.74) is 4.29. The van der Waals surface area contributed by atoms with Crippen molar-refractivity contribution in [3.8, 4) is 5.75 Å². The highest BCUT2D eigenvalue weighted by molar-refractivity contribution is 9.10. The van der Waals surface area contributed by atoms with Crippen molar-refractivity contribution in [1.29, 1.82) is 0 Å². The molecule has 0 unspecified atom stereocenters. The van der Waals surface area contributed by atoms with Crippen molar-refractivity contribution < 1.29 is 9.53 Å². The molecule has 3 aromatic rings. The molecule has 1 N–H and O–H groups in total. The highest BCUT2D eigenvalue weighted by Gasteiger charge is 2.21. The molecule has 1 atom stereocenters. The number of nitrogens with one attached hydrogen (secondary N) is 1. The fourth-order valence-electron chi connectivity index (χ4n) is 3.62. The van der Waals surface area contributed by atoms with Gasteiger partial charge in [0, 0.05) is 5.56 Å². The highest BCUT2D eigenvalue weighted by atomic mass is 79.9. The molecular weight excluding hydrogens is 414 g/mol. The number of para-hydroxylation sites is 1. The highest BCUT2D eigenvalue weighted by Crippen LogP contribution is 2.29. The van der Waals surface area contributed by atoms with E-state index in [0.717, 1.165) is 35.0 Å². The lowest BCUT2D eigenvalue weighted by atomic mass is 9.87. The molecule has 4 heteroatoms. The van der Waals surface area contributed by atoms with Crippen molar-refractivity contribution in [1.82, 2.24) is 5.32 Å². The number of rotatable bonds is 5. The summed E-state index contributed by atoms with van der Waals surface area (Å²) in [4.78, 5) is 12.7. The fourth-order valence-corrected chi connectivity index (χ4v) is 4.02. The molecule has 0 bridgehead atoms. The first-order chi connectivity index (χ1) is 13.7. The number of hydrogen-bond acceptors (Lipinski definition) is 2. The van der Waals surface area contributed by atoms with Gasteiger partial charge in [-0.05, 0) is 76.1 Å². The molecule has 142 valence electrons. The summed E-state index contributed by atoms with van der Waals surface area (Å²) < 4.78 is 6.77. The average molecular weight is 436 g/mol. The van der Waals surface area contributed by atoms with Crippen LogP contribution in [0.4, 0.5) is 0 Å². The average Bonchev–Trinajstić information content (AvgIpc) is 2.74. The number of carbonyl (C=O) groups excluding carboxylic acids is 1. The summed E-state index contributed by atoms with van der Waals surface area (Å²) >= 11 is 3.48. The Balaban J connectivity index is 1.39. The molecule has 0 saturated carbocycles. The van der Waals surface area contributed by atoms with Crippen LogP contribution in [0.1, 0.15) is 45.9 Å². The molecule has 4 rings (SSSR count). The zero-order valence-corrected chi connectivity index (χ0v) is 17.1. The molecular formula is C24H22BrNO2. The SMILES string of the molecule is O=C(N[C@H]1CCCc2ccccc21)c1ccc(COc2ccccc2Br)cc1. The monoisotopic (exact) mass is 435 g/mol. The van der Waals surface area contributed by atoms with Crippen LogP contribution >= 0.6 is 15.9 Å². The van der Waals surface area contributed by atoms with Crippen LogP contribution in [-0.4, -0.2) is 5.91 Å². The molecule has 1 amide bonds. The predicted octanol–water partition coefficient (Wildman–Crippen LogP) is 5.84. The molecule has 0 aromatic heterocycles. The van der Waals surface area contributed by atoms with Crippen molar-refractivity contribution >= 4 is 21.8 Å². The van der Waals surface area contributed by atoms with E-state index >= 15 is 0 Å². The minimum absolute atomic E-state index is 0.0278. The lowest BCUT2D eigenvalue weighted by molar-refractivity contribution is 0.0932. The van der Waals surface area contributed by atoms with Gasteiger partial charge in [-0.15, -0.1) is 0 Å². The van der Waals surface area contributed by atoms with Crippen LogP contribution in [-0.2, 0) is 13.0 Å². The van der Waals surface area contributed by atoms with Crippen LogP contribution in [0.5, 0.6) is 5.75 Å². The second-order valence-electron chi connectivity index (χ2n) is 7.03. The van der Waals surface area contributed by atoms with Gasteiger partial charge in [0.05, 0.1) is 10.5 Å². The number of amides is 1. The fraction of sp³-hybridized carbons (Fsp3) is 0.208. The maximum Gasteiger partial charge on any atom is 0.251 e. The molecule has 0 spiro atoms. The van der Waals surface area contributed by atoms with Crippen LogP contribution < -0.4 is 10.1 Å². The van der Waals surface area contributed by atoms with Crippen LogP contribution in [0, 0.1) is 0 Å². The van der Waals surface area contributed by atoms with Gasteiger partial charge in [-0.2, -0.15) is 0 Å². The van der Waals surface area contributed by atoms with Crippen LogP contribution in [0.3, 0.4) is 0 Å². The van der Waals surface area contributed by atoms with E-state index in [-0.39, 0.29) is 11.9 Å². The van der Waals surface area contributed by atoms with E-state index in [0.29, 0.717) is 12.2 Å². The Labute approximate surface area is 173 Å². The number of carbonyl (C=O) groups is 1. The first kappa shape index (κ1) is 18.8. The first-order valence-corrected chi connectivity index (χ1v) is 10.3. The molecule has 28 heavy (non-hydrogen) atoms. The van der Waals surface area contributed by atoms with E-state index in [2.05, 4.69) is 39.4 Å². The largest absolute Gasteiger partial charge is 0.488 e. The summed E-state index contributed by atoms with van der Waals surface area (Å²) in [6, 6.07) is 23.9. The normalized spacial score (nSPS) is 15.5. The van der Waals surface area contributed by atoms with Gasteiger partial charge in [0.25, 0.3) is 5.91 Å². The van der Waals surface area contributed by atoms with Gasteiger partial charge in [0.2, 0.25) is 0 Å². The minimum Gasteiger partial charge on any atom is -0.488 e. The summed E-state index contributed by atoms with van der Waals surface area (Å²) in [5, 5.41) is 3.20. The van der Waals surface area contributed by atoms with Gasteiger partial charge in [0.15, 0.2) is 0 Å². The number of hydrogen-bond donors (Lipinski definition) is 1. The topological polar surface area (TPSA) is 38.3 Å². The Morgan fingerprint density at radius 2 is 1.75 bits per heavy atom. The quantitative estimate of drug-likeness (QED) is 0.546. The molecule has 1 aliphatic rings. The van der Waals surface area contributed by atoms with Crippen molar-refractivity contribution in [2.75, 3.05) is 0 Å². The van der Waals surface area contributed by atoms with Crippen molar-refractivity contribution in [2.45, 2.75) is 31.9 Å². The first-order valence-electron chi connectivity index (χ1n) is 9.55. The molecule has 0 radical (unpaired) electrons. The maximum absolute atomic E-state index is 12.7. The Morgan fingerprint density at radius 1 is 1.00 bits per heavy atom. The van der Waals surface area contributed by atoms with Gasteiger partial charge in [-0.1, -0.05) is 48.5 Å². The molecule has 0 aliphatic heterocycles. The summed E-state index contributed by atoms with van der Waals surface area (Å²) in [6.07, 6.45) is 3.18. The molecule has 0 saturated heterocycles. The van der Waals surface area contributed by atoms with Crippen LogP contribution in [0.25, 0.3) is 0 Å². The number of benzene rings is 3. The number of halogens is 1. The maximum atomic E-state index is 12.7. The lowest BCUT2D eigenvalue weighted by Crippen LogP contribution is -2.30. The molecule has 3 aromatic carbocycles. The summed E-state index contributed by atoms with van der Waals surface area (Å²) in [7, 11) is 0. The lowest BCUT2D eigenvalue weighted by Gasteiger charge is -2.26. The third-order valence-corrected chi connectivity index (χ3v) is 5.78. The van der Waals surface area contributed by atoms with E-state index in [9.17, 15) is 4.79 Å². The second-order valence-corrected chi connectivity index (χ2v) is 7.89. The van der Waals surface area contributed by atoms with Crippen molar-refractivity contribution in [3.05, 3.63) is 99.5 Å². The van der Waals surface area contributed by atoms with E-state index < -0.39 is 0 Å². The van der Waals surface area contributed by atoms with Crippen LogP contribution in [0.15, 0.2) is 77.3 Å². The van der Waals surface area contributed by atoms with Crippen LogP contribution in [0.2, 0.25) is 0 Å². The third-order valence-electron chi connectivity index (χ3n) is 5.12. The number of ether oxygens (including phenoxy) is 1. The van der Waals surface area contributed by atoms with Crippen molar-refractivity contribution in [3.63, 3.8) is 0 Å². The zero-order valence-electron chi connectivity index (χ0n) is 15.5. The minimum atomic E-state index is -0.0278. The Bertz CT molecular complexity index is 968. The van der Waals surface area contributed by atoms with E-state index in [1.54, 1.807) is 0 Å². The van der Waals surface area contributed by atoms with Gasteiger partial charge in [0.1, 0.15) is 12.4 Å². The second kappa shape index (κ2) is 8.61. The van der Waals surface area contributed by atoms with E-state index in [4.69, 9.17) is 4.74 Å². The molecule has 0 heterocycles. The van der Waals surface area contributed by atoms with E-state index in [1.165, 1.54) is 11.1 Å². The number of fused-ring (bicyclic) bond motifs is 1. The standard InChI is InChI=1S/C24H22BrNO2/c25-21-9-3-4-11-23(21)28-16-17-12-14-19(15-13-17)24(27)26-22-10-5-7-18-6-1-2-8-20(18)22/h1-4,6,8-9,11-15,22H,5,7,10,16H2,(H,26,27)/t22-/m0/s1. The molecule has 3 nitrogen and oxygen atoms in total. The Hall–Kier alpha value is -2.59. The van der Waals surface area contributed by atoms with Gasteiger partial charge in [-0.3, -0.25) is 4.79 Å².